The fraction of sp³-hybridized carbons (Fsp3) is 0.696. The van der Waals surface area contributed by atoms with Crippen LogP contribution in [0.25, 0.3) is 0 Å². The van der Waals surface area contributed by atoms with E-state index >= 15 is 0 Å². The highest BCUT2D eigenvalue weighted by Crippen LogP contribution is 2.22. The third kappa shape index (κ3) is 5.65. The summed E-state index contributed by atoms with van der Waals surface area (Å²) in [4.78, 5) is 9.91. The summed E-state index contributed by atoms with van der Waals surface area (Å²) in [6.07, 6.45) is 11.0. The Labute approximate surface area is 160 Å². The minimum Gasteiger partial charge on any atom is -0.303 e. The molecule has 26 heavy (non-hydrogen) atoms. The van der Waals surface area contributed by atoms with Crippen LogP contribution in [0.2, 0.25) is 0 Å². The zero-order valence-electron chi connectivity index (χ0n) is 17.1. The van der Waals surface area contributed by atoms with Gasteiger partial charge < -0.3 is 4.90 Å². The molecule has 1 saturated heterocycles. The van der Waals surface area contributed by atoms with E-state index in [0.29, 0.717) is 11.8 Å². The maximum Gasteiger partial charge on any atom is 0.0544 e. The predicted octanol–water partition coefficient (Wildman–Crippen LogP) is 4.85. The molecule has 0 aliphatic carbocycles. The highest BCUT2D eigenvalue weighted by molar-refractivity contribution is 5.18. The Morgan fingerprint density at radius 3 is 2.50 bits per heavy atom. The van der Waals surface area contributed by atoms with Crippen molar-refractivity contribution >= 4 is 0 Å². The molecule has 2 aliphatic heterocycles. The lowest BCUT2D eigenvalue weighted by Crippen LogP contribution is -2.27. The van der Waals surface area contributed by atoms with Gasteiger partial charge >= 0.3 is 0 Å². The van der Waals surface area contributed by atoms with E-state index in [9.17, 15) is 0 Å². The van der Waals surface area contributed by atoms with Crippen molar-refractivity contribution in [1.82, 2.24) is 14.8 Å². The van der Waals surface area contributed by atoms with Gasteiger partial charge in [0.1, 0.15) is 0 Å². The Hall–Kier alpha value is -1.19. The Morgan fingerprint density at radius 1 is 1.00 bits per heavy atom. The van der Waals surface area contributed by atoms with Crippen LogP contribution in [0.1, 0.15) is 70.1 Å². The highest BCUT2D eigenvalue weighted by Gasteiger charge is 2.15. The highest BCUT2D eigenvalue weighted by atomic mass is 15.1. The predicted molar refractivity (Wildman–Crippen MR) is 110 cm³/mol. The lowest BCUT2D eigenvalue weighted by Gasteiger charge is -2.22. The number of likely N-dealkylation sites (tertiary alicyclic amines) is 1. The van der Waals surface area contributed by atoms with Crippen LogP contribution in [0.3, 0.4) is 0 Å². The second-order valence-corrected chi connectivity index (χ2v) is 8.57. The van der Waals surface area contributed by atoms with Crippen LogP contribution in [0.5, 0.6) is 0 Å². The first kappa shape index (κ1) is 19.6. The zero-order valence-corrected chi connectivity index (χ0v) is 17.1. The largest absolute Gasteiger partial charge is 0.303 e. The average Bonchev–Trinajstić information content (AvgIpc) is 3.02. The zero-order chi connectivity index (χ0) is 18.4. The molecule has 0 N–H and O–H groups in total. The molecule has 3 heterocycles. The molecule has 0 aromatic carbocycles. The SMILES string of the molecule is CC(C)C1=CCCN(CCC(C)c2ccc(CN3CCCC3)nc2)CC1. The Balaban J connectivity index is 1.43. The molecule has 0 saturated carbocycles. The summed E-state index contributed by atoms with van der Waals surface area (Å²) >= 11 is 0. The van der Waals surface area contributed by atoms with Crippen LogP contribution in [-0.4, -0.2) is 47.5 Å². The van der Waals surface area contributed by atoms with Gasteiger partial charge in [0.25, 0.3) is 0 Å². The molecule has 0 bridgehead atoms. The minimum atomic E-state index is 0.587. The molecule has 3 rings (SSSR count). The quantitative estimate of drug-likeness (QED) is 0.652. The van der Waals surface area contributed by atoms with Crippen LogP contribution in [0.4, 0.5) is 0 Å². The molecule has 1 aromatic heterocycles. The van der Waals surface area contributed by atoms with E-state index in [-0.39, 0.29) is 0 Å². The molecule has 3 nitrogen and oxygen atoms in total. The van der Waals surface area contributed by atoms with E-state index < -0.39 is 0 Å². The molecule has 144 valence electrons. The summed E-state index contributed by atoms with van der Waals surface area (Å²) in [5, 5.41) is 0. The lowest BCUT2D eigenvalue weighted by molar-refractivity contribution is 0.276. The van der Waals surface area contributed by atoms with E-state index in [1.165, 1.54) is 76.1 Å². The van der Waals surface area contributed by atoms with E-state index in [1.54, 1.807) is 5.57 Å². The number of nitrogens with zero attached hydrogens (tertiary/aromatic N) is 3. The average molecular weight is 356 g/mol. The van der Waals surface area contributed by atoms with Gasteiger partial charge in [-0.15, -0.1) is 0 Å². The monoisotopic (exact) mass is 355 g/mol. The summed E-state index contributed by atoms with van der Waals surface area (Å²) < 4.78 is 0. The molecule has 1 aromatic rings. The fourth-order valence-corrected chi connectivity index (χ4v) is 4.22. The van der Waals surface area contributed by atoms with Crippen molar-refractivity contribution in [2.24, 2.45) is 5.92 Å². The molecule has 1 atom stereocenters. The van der Waals surface area contributed by atoms with Crippen molar-refractivity contribution < 1.29 is 0 Å². The van der Waals surface area contributed by atoms with Crippen LogP contribution in [0, 0.1) is 5.92 Å². The first-order valence-electron chi connectivity index (χ1n) is 10.7. The van der Waals surface area contributed by atoms with E-state index in [0.717, 1.165) is 6.54 Å². The third-order valence-corrected chi connectivity index (χ3v) is 6.19. The van der Waals surface area contributed by atoms with Gasteiger partial charge in [0, 0.05) is 25.8 Å². The molecule has 1 unspecified atom stereocenters. The topological polar surface area (TPSA) is 19.4 Å². The first-order valence-corrected chi connectivity index (χ1v) is 10.7. The maximum atomic E-state index is 4.74. The van der Waals surface area contributed by atoms with E-state index in [4.69, 9.17) is 4.98 Å². The second-order valence-electron chi connectivity index (χ2n) is 8.57. The summed E-state index contributed by atoms with van der Waals surface area (Å²) in [7, 11) is 0. The van der Waals surface area contributed by atoms with Gasteiger partial charge in [0.2, 0.25) is 0 Å². The second kappa shape index (κ2) is 9.66. The summed E-state index contributed by atoms with van der Waals surface area (Å²) in [5.41, 5.74) is 4.27. The van der Waals surface area contributed by atoms with Crippen LogP contribution < -0.4 is 0 Å². The smallest absolute Gasteiger partial charge is 0.0544 e. The van der Waals surface area contributed by atoms with Crippen LogP contribution >= 0.6 is 0 Å². The molecule has 3 heteroatoms. The molecular weight excluding hydrogens is 318 g/mol. The third-order valence-electron chi connectivity index (χ3n) is 6.19. The summed E-state index contributed by atoms with van der Waals surface area (Å²) in [6.45, 7) is 14.1. The number of hydrogen-bond acceptors (Lipinski definition) is 3. The van der Waals surface area contributed by atoms with Gasteiger partial charge in [0.15, 0.2) is 0 Å². The first-order chi connectivity index (χ1) is 12.6. The van der Waals surface area contributed by atoms with Crippen molar-refractivity contribution in [3.8, 4) is 0 Å². The van der Waals surface area contributed by atoms with Gasteiger partial charge in [-0.25, -0.2) is 0 Å². The molecule has 0 spiro atoms. The normalized spacial score (nSPS) is 21.0. The van der Waals surface area contributed by atoms with E-state index in [2.05, 4.69) is 55.0 Å². The maximum absolute atomic E-state index is 4.74. The molecule has 1 fully saturated rings. The number of rotatable bonds is 7. The number of aromatic nitrogens is 1. The molecule has 0 radical (unpaired) electrons. The van der Waals surface area contributed by atoms with Gasteiger partial charge in [0.05, 0.1) is 5.69 Å². The van der Waals surface area contributed by atoms with Crippen LogP contribution in [0.15, 0.2) is 30.0 Å². The Bertz CT molecular complexity index is 570. The summed E-state index contributed by atoms with van der Waals surface area (Å²) in [6, 6.07) is 4.55. The Morgan fingerprint density at radius 2 is 1.81 bits per heavy atom. The van der Waals surface area contributed by atoms with Gasteiger partial charge in [-0.05, 0) is 75.2 Å². The number of hydrogen-bond donors (Lipinski definition) is 0. The van der Waals surface area contributed by atoms with Crippen molar-refractivity contribution in [2.75, 3.05) is 32.7 Å². The van der Waals surface area contributed by atoms with Crippen LogP contribution in [-0.2, 0) is 6.54 Å². The fourth-order valence-electron chi connectivity index (χ4n) is 4.22. The molecule has 0 amide bonds. The van der Waals surface area contributed by atoms with Gasteiger partial charge in [-0.1, -0.05) is 38.5 Å². The molecular formula is C23H37N3. The minimum absolute atomic E-state index is 0.587. The van der Waals surface area contributed by atoms with Crippen molar-refractivity contribution in [1.29, 1.82) is 0 Å². The lowest BCUT2D eigenvalue weighted by atomic mass is 9.98. The van der Waals surface area contributed by atoms with Crippen molar-refractivity contribution in [3.05, 3.63) is 41.2 Å². The number of pyridine rings is 1. The molecule has 2 aliphatic rings. The standard InChI is InChI=1S/C23H37N3/c1-19(2)21-7-6-14-25(16-11-21)15-10-20(3)22-8-9-23(24-17-22)18-26-12-4-5-13-26/h7-9,17,19-20H,4-6,10-16,18H2,1-3H3. The van der Waals surface area contributed by atoms with Gasteiger partial charge in [-0.2, -0.15) is 0 Å². The summed E-state index contributed by atoms with van der Waals surface area (Å²) in [5.74, 6) is 1.29. The Kier molecular flexibility index (Phi) is 7.27. The van der Waals surface area contributed by atoms with Crippen molar-refractivity contribution in [3.63, 3.8) is 0 Å². The van der Waals surface area contributed by atoms with Gasteiger partial charge in [-0.3, -0.25) is 9.88 Å². The van der Waals surface area contributed by atoms with Crippen molar-refractivity contribution in [2.45, 2.75) is 65.3 Å². The van der Waals surface area contributed by atoms with E-state index in [1.807, 2.05) is 0 Å².